The van der Waals surface area contributed by atoms with Crippen molar-refractivity contribution >= 4 is 11.6 Å². The quantitative estimate of drug-likeness (QED) is 0.910. The Labute approximate surface area is 148 Å². The van der Waals surface area contributed by atoms with E-state index in [1.807, 2.05) is 6.07 Å². The van der Waals surface area contributed by atoms with E-state index in [0.717, 1.165) is 32.7 Å². The number of carbonyl (C=O) groups excluding carboxylic acids is 1. The summed E-state index contributed by atoms with van der Waals surface area (Å²) in [5.41, 5.74) is 2.43. The predicted molar refractivity (Wildman–Crippen MR) is 98.6 cm³/mol. The molecular formula is C20H22N4O. The number of anilines is 1. The van der Waals surface area contributed by atoms with Crippen molar-refractivity contribution in [3.05, 3.63) is 65.7 Å². The molecule has 0 aliphatic carbocycles. The van der Waals surface area contributed by atoms with Crippen LogP contribution < -0.4 is 10.2 Å². The van der Waals surface area contributed by atoms with Crippen molar-refractivity contribution in [2.75, 3.05) is 44.2 Å². The summed E-state index contributed by atoms with van der Waals surface area (Å²) in [7, 11) is 0. The van der Waals surface area contributed by atoms with Crippen LogP contribution in [0.5, 0.6) is 0 Å². The number of benzene rings is 2. The zero-order valence-electron chi connectivity index (χ0n) is 14.2. The highest BCUT2D eigenvalue weighted by Gasteiger charge is 2.16. The van der Waals surface area contributed by atoms with Gasteiger partial charge in [-0.25, -0.2) is 0 Å². The van der Waals surface area contributed by atoms with E-state index in [-0.39, 0.29) is 5.91 Å². The van der Waals surface area contributed by atoms with Crippen LogP contribution in [-0.2, 0) is 0 Å². The normalized spacial score (nSPS) is 14.8. The Morgan fingerprint density at radius 2 is 1.68 bits per heavy atom. The number of nitriles is 1. The fourth-order valence-corrected chi connectivity index (χ4v) is 2.99. The number of amides is 1. The number of hydrogen-bond acceptors (Lipinski definition) is 4. The van der Waals surface area contributed by atoms with Crippen LogP contribution in [0, 0.1) is 11.3 Å². The molecule has 1 N–H and O–H groups in total. The van der Waals surface area contributed by atoms with Crippen molar-refractivity contribution < 1.29 is 4.79 Å². The lowest BCUT2D eigenvalue weighted by atomic mass is 10.1. The summed E-state index contributed by atoms with van der Waals surface area (Å²) in [6.45, 7) is 5.50. The van der Waals surface area contributed by atoms with Gasteiger partial charge in [-0.3, -0.25) is 9.69 Å². The molecule has 3 rings (SSSR count). The van der Waals surface area contributed by atoms with Gasteiger partial charge >= 0.3 is 0 Å². The van der Waals surface area contributed by atoms with Crippen molar-refractivity contribution in [1.82, 2.24) is 10.2 Å². The Kier molecular flexibility index (Phi) is 5.65. The van der Waals surface area contributed by atoms with Crippen molar-refractivity contribution in [3.8, 4) is 6.07 Å². The molecule has 128 valence electrons. The maximum absolute atomic E-state index is 12.1. The largest absolute Gasteiger partial charge is 0.369 e. The molecular weight excluding hydrogens is 312 g/mol. The van der Waals surface area contributed by atoms with Crippen LogP contribution in [0.1, 0.15) is 15.9 Å². The molecule has 0 atom stereocenters. The smallest absolute Gasteiger partial charge is 0.251 e. The summed E-state index contributed by atoms with van der Waals surface area (Å²) in [6, 6.07) is 19.2. The zero-order valence-corrected chi connectivity index (χ0v) is 14.2. The highest BCUT2D eigenvalue weighted by molar-refractivity contribution is 5.94. The van der Waals surface area contributed by atoms with Gasteiger partial charge in [0, 0.05) is 50.5 Å². The second-order valence-corrected chi connectivity index (χ2v) is 6.11. The van der Waals surface area contributed by atoms with Gasteiger partial charge in [0.2, 0.25) is 0 Å². The first-order valence-corrected chi connectivity index (χ1v) is 8.57. The first-order chi connectivity index (χ1) is 12.3. The van der Waals surface area contributed by atoms with Crippen LogP contribution in [0.15, 0.2) is 54.6 Å². The Balaban J connectivity index is 1.40. The molecule has 0 radical (unpaired) electrons. The van der Waals surface area contributed by atoms with Gasteiger partial charge in [-0.15, -0.1) is 0 Å². The monoisotopic (exact) mass is 334 g/mol. The number of nitrogens with zero attached hydrogens (tertiary/aromatic N) is 3. The third-order valence-corrected chi connectivity index (χ3v) is 4.48. The molecule has 0 saturated carbocycles. The van der Waals surface area contributed by atoms with Crippen LogP contribution in [0.25, 0.3) is 0 Å². The lowest BCUT2D eigenvalue weighted by Crippen LogP contribution is -2.48. The maximum atomic E-state index is 12.1. The SMILES string of the molecule is N#Cc1ccc(C(=O)NCCN2CCN(c3ccccc3)CC2)cc1. The van der Waals surface area contributed by atoms with E-state index in [1.54, 1.807) is 24.3 Å². The zero-order chi connectivity index (χ0) is 17.5. The topological polar surface area (TPSA) is 59.4 Å². The molecule has 1 heterocycles. The van der Waals surface area contributed by atoms with E-state index in [2.05, 4.69) is 45.5 Å². The van der Waals surface area contributed by atoms with E-state index in [4.69, 9.17) is 5.26 Å². The molecule has 2 aromatic rings. The Morgan fingerprint density at radius 3 is 2.32 bits per heavy atom. The minimum absolute atomic E-state index is 0.0904. The fourth-order valence-electron chi connectivity index (χ4n) is 2.99. The van der Waals surface area contributed by atoms with Crippen LogP contribution >= 0.6 is 0 Å². The molecule has 0 bridgehead atoms. The number of nitrogens with one attached hydrogen (secondary N) is 1. The van der Waals surface area contributed by atoms with Gasteiger partial charge in [0.25, 0.3) is 5.91 Å². The summed E-state index contributed by atoms with van der Waals surface area (Å²) in [4.78, 5) is 16.9. The molecule has 5 heteroatoms. The van der Waals surface area contributed by atoms with Gasteiger partial charge in [0.1, 0.15) is 0 Å². The number of hydrogen-bond donors (Lipinski definition) is 1. The van der Waals surface area contributed by atoms with Crippen LogP contribution in [0.2, 0.25) is 0 Å². The number of carbonyl (C=O) groups is 1. The highest BCUT2D eigenvalue weighted by atomic mass is 16.1. The van der Waals surface area contributed by atoms with E-state index < -0.39 is 0 Å². The van der Waals surface area contributed by atoms with E-state index in [1.165, 1.54) is 5.69 Å². The van der Waals surface area contributed by atoms with Gasteiger partial charge in [-0.1, -0.05) is 18.2 Å². The van der Waals surface area contributed by atoms with E-state index in [9.17, 15) is 4.79 Å². The third-order valence-electron chi connectivity index (χ3n) is 4.48. The molecule has 5 nitrogen and oxygen atoms in total. The Bertz CT molecular complexity index is 729. The lowest BCUT2D eigenvalue weighted by molar-refractivity contribution is 0.0948. The highest BCUT2D eigenvalue weighted by Crippen LogP contribution is 2.15. The predicted octanol–water partition coefficient (Wildman–Crippen LogP) is 2.11. The third kappa shape index (κ3) is 4.59. The molecule has 1 aliphatic heterocycles. The molecule has 1 amide bonds. The maximum Gasteiger partial charge on any atom is 0.251 e. The summed E-state index contributed by atoms with van der Waals surface area (Å²) < 4.78 is 0. The van der Waals surface area contributed by atoms with Gasteiger partial charge in [0.05, 0.1) is 11.6 Å². The van der Waals surface area contributed by atoms with Crippen LogP contribution in [-0.4, -0.2) is 50.1 Å². The van der Waals surface area contributed by atoms with E-state index in [0.29, 0.717) is 17.7 Å². The number of para-hydroxylation sites is 1. The number of rotatable bonds is 5. The first-order valence-electron chi connectivity index (χ1n) is 8.57. The second kappa shape index (κ2) is 8.32. The molecule has 1 fully saturated rings. The van der Waals surface area contributed by atoms with Gasteiger partial charge in [-0.2, -0.15) is 5.26 Å². The van der Waals surface area contributed by atoms with Crippen LogP contribution in [0.3, 0.4) is 0 Å². The van der Waals surface area contributed by atoms with Gasteiger partial charge < -0.3 is 10.2 Å². The van der Waals surface area contributed by atoms with Crippen molar-refractivity contribution in [3.63, 3.8) is 0 Å². The van der Waals surface area contributed by atoms with Gasteiger partial charge in [0.15, 0.2) is 0 Å². The molecule has 0 unspecified atom stereocenters. The van der Waals surface area contributed by atoms with Crippen molar-refractivity contribution in [2.45, 2.75) is 0 Å². The average molecular weight is 334 g/mol. The minimum atomic E-state index is -0.0904. The fraction of sp³-hybridized carbons (Fsp3) is 0.300. The first kappa shape index (κ1) is 17.0. The van der Waals surface area contributed by atoms with Gasteiger partial charge in [-0.05, 0) is 36.4 Å². The summed E-state index contributed by atoms with van der Waals surface area (Å²) in [5, 5.41) is 11.7. The number of piperazine rings is 1. The van der Waals surface area contributed by atoms with Crippen molar-refractivity contribution in [1.29, 1.82) is 5.26 Å². The summed E-state index contributed by atoms with van der Waals surface area (Å²) in [5.74, 6) is -0.0904. The molecule has 0 spiro atoms. The molecule has 0 aromatic heterocycles. The second-order valence-electron chi connectivity index (χ2n) is 6.11. The van der Waals surface area contributed by atoms with Crippen molar-refractivity contribution in [2.24, 2.45) is 0 Å². The van der Waals surface area contributed by atoms with Crippen LogP contribution in [0.4, 0.5) is 5.69 Å². The summed E-state index contributed by atoms with van der Waals surface area (Å²) >= 11 is 0. The molecule has 1 saturated heterocycles. The molecule has 25 heavy (non-hydrogen) atoms. The average Bonchev–Trinajstić information content (AvgIpc) is 2.69. The molecule has 2 aromatic carbocycles. The Hall–Kier alpha value is -2.84. The standard InChI is InChI=1S/C20H22N4O/c21-16-17-6-8-18(9-7-17)20(25)22-10-11-23-12-14-24(15-13-23)19-4-2-1-3-5-19/h1-9H,10-15H2,(H,22,25). The lowest BCUT2D eigenvalue weighted by Gasteiger charge is -2.36. The summed E-state index contributed by atoms with van der Waals surface area (Å²) in [6.07, 6.45) is 0. The van der Waals surface area contributed by atoms with E-state index >= 15 is 0 Å². The Morgan fingerprint density at radius 1 is 1.00 bits per heavy atom. The minimum Gasteiger partial charge on any atom is -0.369 e. The molecule has 1 aliphatic rings.